The minimum atomic E-state index is 0.214. The summed E-state index contributed by atoms with van der Waals surface area (Å²) in [6, 6.07) is 0.433. The molecule has 2 fully saturated rings. The van der Waals surface area contributed by atoms with E-state index in [0.717, 1.165) is 31.8 Å². The van der Waals surface area contributed by atoms with Gasteiger partial charge in [-0.1, -0.05) is 0 Å². The summed E-state index contributed by atoms with van der Waals surface area (Å²) >= 11 is 0. The zero-order chi connectivity index (χ0) is 9.10. The van der Waals surface area contributed by atoms with E-state index in [1.165, 1.54) is 12.8 Å². The van der Waals surface area contributed by atoms with E-state index in [-0.39, 0.29) is 5.91 Å². The molecule has 0 aromatic heterocycles. The third-order valence-corrected chi connectivity index (χ3v) is 2.88. The fraction of sp³-hybridized carbons (Fsp3) is 0.900. The molecule has 13 heavy (non-hydrogen) atoms. The molecule has 3 heteroatoms. The third-order valence-electron chi connectivity index (χ3n) is 2.88. The third kappa shape index (κ3) is 2.99. The first-order chi connectivity index (χ1) is 6.34. The van der Waals surface area contributed by atoms with Crippen LogP contribution in [0.15, 0.2) is 0 Å². The number of nitrogens with one attached hydrogen (secondary N) is 2. The minimum Gasteiger partial charge on any atom is -0.356 e. The molecule has 1 saturated carbocycles. The molecule has 1 atom stereocenters. The van der Waals surface area contributed by atoms with Gasteiger partial charge in [0.15, 0.2) is 0 Å². The summed E-state index contributed by atoms with van der Waals surface area (Å²) in [6.45, 7) is 1.98. The number of amides is 1. The minimum absolute atomic E-state index is 0.214. The van der Waals surface area contributed by atoms with Gasteiger partial charge >= 0.3 is 0 Å². The summed E-state index contributed by atoms with van der Waals surface area (Å²) in [5, 5.41) is 6.39. The van der Waals surface area contributed by atoms with Crippen molar-refractivity contribution in [3.05, 3.63) is 0 Å². The van der Waals surface area contributed by atoms with Gasteiger partial charge in [-0.05, 0) is 38.1 Å². The molecule has 2 aliphatic rings. The van der Waals surface area contributed by atoms with Gasteiger partial charge in [-0.2, -0.15) is 0 Å². The average Bonchev–Trinajstić information content (AvgIpc) is 2.88. The van der Waals surface area contributed by atoms with Crippen molar-refractivity contribution in [2.75, 3.05) is 13.1 Å². The Labute approximate surface area is 79.3 Å². The average molecular weight is 182 g/mol. The van der Waals surface area contributed by atoms with Crippen molar-refractivity contribution in [1.82, 2.24) is 10.6 Å². The fourth-order valence-electron chi connectivity index (χ4n) is 1.80. The standard InChI is InChI=1S/C10H18N2O/c13-10-6-9(2-1-5-11-10)12-7-8-3-4-8/h8-9,12H,1-7H2,(H,11,13). The first-order valence-corrected chi connectivity index (χ1v) is 5.34. The van der Waals surface area contributed by atoms with Crippen LogP contribution in [0.2, 0.25) is 0 Å². The van der Waals surface area contributed by atoms with Crippen molar-refractivity contribution in [2.45, 2.75) is 38.1 Å². The maximum Gasteiger partial charge on any atom is 0.221 e. The lowest BCUT2D eigenvalue weighted by Crippen LogP contribution is -2.33. The van der Waals surface area contributed by atoms with Crippen LogP contribution in [0.4, 0.5) is 0 Å². The highest BCUT2D eigenvalue weighted by molar-refractivity contribution is 5.76. The second kappa shape index (κ2) is 4.09. The Hall–Kier alpha value is -0.570. The molecule has 1 aliphatic carbocycles. The van der Waals surface area contributed by atoms with Gasteiger partial charge in [0.2, 0.25) is 5.91 Å². The number of rotatable bonds is 3. The Balaban J connectivity index is 1.71. The van der Waals surface area contributed by atoms with Crippen LogP contribution in [0.3, 0.4) is 0 Å². The smallest absolute Gasteiger partial charge is 0.221 e. The number of carbonyl (C=O) groups excluding carboxylic acids is 1. The van der Waals surface area contributed by atoms with Gasteiger partial charge in [-0.3, -0.25) is 4.79 Å². The van der Waals surface area contributed by atoms with E-state index in [9.17, 15) is 4.79 Å². The zero-order valence-corrected chi connectivity index (χ0v) is 8.01. The second-order valence-electron chi connectivity index (χ2n) is 4.24. The number of hydrogen-bond donors (Lipinski definition) is 2. The molecule has 0 aromatic rings. The highest BCUT2D eigenvalue weighted by Gasteiger charge is 2.23. The van der Waals surface area contributed by atoms with Gasteiger partial charge in [-0.25, -0.2) is 0 Å². The molecular weight excluding hydrogens is 164 g/mol. The maximum atomic E-state index is 11.2. The van der Waals surface area contributed by atoms with Crippen LogP contribution < -0.4 is 10.6 Å². The molecule has 0 bridgehead atoms. The van der Waals surface area contributed by atoms with E-state index in [2.05, 4.69) is 10.6 Å². The summed E-state index contributed by atoms with van der Waals surface area (Å²) < 4.78 is 0. The van der Waals surface area contributed by atoms with E-state index in [4.69, 9.17) is 0 Å². The van der Waals surface area contributed by atoms with Gasteiger partial charge in [0.25, 0.3) is 0 Å². The molecule has 1 heterocycles. The van der Waals surface area contributed by atoms with Crippen LogP contribution in [0.1, 0.15) is 32.1 Å². The molecule has 1 saturated heterocycles. The normalized spacial score (nSPS) is 29.5. The molecule has 1 unspecified atom stereocenters. The van der Waals surface area contributed by atoms with Crippen LogP contribution in [-0.2, 0) is 4.79 Å². The molecule has 1 aliphatic heterocycles. The van der Waals surface area contributed by atoms with Crippen LogP contribution in [0.5, 0.6) is 0 Å². The van der Waals surface area contributed by atoms with E-state index in [0.29, 0.717) is 12.5 Å². The number of carbonyl (C=O) groups is 1. The molecule has 74 valence electrons. The lowest BCUT2D eigenvalue weighted by Gasteiger charge is -2.14. The van der Waals surface area contributed by atoms with Gasteiger partial charge in [-0.15, -0.1) is 0 Å². The van der Waals surface area contributed by atoms with Gasteiger partial charge in [0.05, 0.1) is 0 Å². The number of hydrogen-bond acceptors (Lipinski definition) is 2. The van der Waals surface area contributed by atoms with E-state index in [1.54, 1.807) is 0 Å². The van der Waals surface area contributed by atoms with E-state index >= 15 is 0 Å². The summed E-state index contributed by atoms with van der Waals surface area (Å²) in [4.78, 5) is 11.2. The topological polar surface area (TPSA) is 41.1 Å². The first-order valence-electron chi connectivity index (χ1n) is 5.34. The Bertz CT molecular complexity index is 189. The monoisotopic (exact) mass is 182 g/mol. The quantitative estimate of drug-likeness (QED) is 0.673. The van der Waals surface area contributed by atoms with Crippen molar-refractivity contribution in [2.24, 2.45) is 5.92 Å². The fourth-order valence-corrected chi connectivity index (χ4v) is 1.80. The Kier molecular flexibility index (Phi) is 2.83. The van der Waals surface area contributed by atoms with Crippen molar-refractivity contribution in [3.8, 4) is 0 Å². The largest absolute Gasteiger partial charge is 0.356 e. The van der Waals surface area contributed by atoms with Crippen molar-refractivity contribution in [3.63, 3.8) is 0 Å². The van der Waals surface area contributed by atoms with Gasteiger partial charge in [0.1, 0.15) is 0 Å². The lowest BCUT2D eigenvalue weighted by atomic mass is 10.1. The van der Waals surface area contributed by atoms with Crippen LogP contribution in [-0.4, -0.2) is 25.0 Å². The second-order valence-corrected chi connectivity index (χ2v) is 4.24. The highest BCUT2D eigenvalue weighted by atomic mass is 16.1. The maximum absolute atomic E-state index is 11.2. The molecule has 0 aromatic carbocycles. The van der Waals surface area contributed by atoms with Crippen LogP contribution in [0, 0.1) is 5.92 Å². The zero-order valence-electron chi connectivity index (χ0n) is 8.01. The van der Waals surface area contributed by atoms with E-state index < -0.39 is 0 Å². The molecule has 1 amide bonds. The Morgan fingerprint density at radius 2 is 2.23 bits per heavy atom. The predicted molar refractivity (Wildman–Crippen MR) is 51.4 cm³/mol. The first kappa shape index (κ1) is 9.00. The highest BCUT2D eigenvalue weighted by Crippen LogP contribution is 2.28. The summed E-state index contributed by atoms with van der Waals surface area (Å²) in [7, 11) is 0. The molecule has 2 N–H and O–H groups in total. The van der Waals surface area contributed by atoms with Gasteiger partial charge < -0.3 is 10.6 Å². The predicted octanol–water partition coefficient (Wildman–Crippen LogP) is 0.655. The molecule has 0 radical (unpaired) electrons. The summed E-state index contributed by atoms with van der Waals surface area (Å²) in [5.41, 5.74) is 0. The van der Waals surface area contributed by atoms with Crippen LogP contribution >= 0.6 is 0 Å². The summed E-state index contributed by atoms with van der Waals surface area (Å²) in [6.07, 6.45) is 5.70. The van der Waals surface area contributed by atoms with Gasteiger partial charge in [0, 0.05) is 19.0 Å². The lowest BCUT2D eigenvalue weighted by molar-refractivity contribution is -0.121. The summed E-state index contributed by atoms with van der Waals surface area (Å²) in [5.74, 6) is 1.12. The van der Waals surface area contributed by atoms with Crippen LogP contribution in [0.25, 0.3) is 0 Å². The van der Waals surface area contributed by atoms with Crippen molar-refractivity contribution in [1.29, 1.82) is 0 Å². The molecule has 0 spiro atoms. The molecular formula is C10H18N2O. The Morgan fingerprint density at radius 1 is 1.38 bits per heavy atom. The van der Waals surface area contributed by atoms with E-state index in [1.807, 2.05) is 0 Å². The molecule has 3 nitrogen and oxygen atoms in total. The van der Waals surface area contributed by atoms with Crippen molar-refractivity contribution >= 4 is 5.91 Å². The molecule has 2 rings (SSSR count). The SMILES string of the molecule is O=C1CC(NCC2CC2)CCCN1. The van der Waals surface area contributed by atoms with Crippen molar-refractivity contribution < 1.29 is 4.79 Å². The Morgan fingerprint density at radius 3 is 3.00 bits per heavy atom.